The number of nitrogens with two attached hydrogens (primary N) is 2. The largest absolute Gasteiger partial charge is 0.496 e. The number of methoxy groups -OCH3 is 1. The highest BCUT2D eigenvalue weighted by molar-refractivity contribution is 5.87. The summed E-state index contributed by atoms with van der Waals surface area (Å²) in [4.78, 5) is 12.9. The number of carbonyl (C=O) groups is 1. The van der Waals surface area contributed by atoms with Gasteiger partial charge in [-0.05, 0) is 127 Å². The number of aryl methyl sites for hydroxylation is 2. The van der Waals surface area contributed by atoms with Crippen molar-refractivity contribution in [2.24, 2.45) is 16.9 Å². The molecule has 0 bridgehead atoms. The van der Waals surface area contributed by atoms with Crippen molar-refractivity contribution in [2.75, 3.05) is 20.3 Å². The number of carbonyl (C=O) groups excluding carboxylic acids is 1. The lowest BCUT2D eigenvalue weighted by Crippen LogP contribution is -2.59. The highest BCUT2D eigenvalue weighted by atomic mass is 16.5. The normalized spacial score (nSPS) is 15.3. The summed E-state index contributed by atoms with van der Waals surface area (Å²) in [5.74, 6) is 1.56. The van der Waals surface area contributed by atoms with Crippen molar-refractivity contribution in [3.8, 4) is 11.5 Å². The maximum atomic E-state index is 12.9. The van der Waals surface area contributed by atoms with Crippen LogP contribution in [0.5, 0.6) is 11.5 Å². The quantitative estimate of drug-likeness (QED) is 0.188. The van der Waals surface area contributed by atoms with Gasteiger partial charge in [0, 0.05) is 22.2 Å². The Labute approximate surface area is 247 Å². The van der Waals surface area contributed by atoms with Crippen LogP contribution in [0.15, 0.2) is 36.4 Å². The lowest BCUT2D eigenvalue weighted by atomic mass is 9.68. The third kappa shape index (κ3) is 8.59. The Balaban J connectivity index is 1.56. The first kappa shape index (κ1) is 32.7. The Morgan fingerprint density at radius 1 is 0.927 bits per heavy atom. The van der Waals surface area contributed by atoms with Gasteiger partial charge in [0.25, 0.3) is 0 Å². The molecule has 1 unspecified atom stereocenters. The maximum Gasteiger partial charge on any atom is 0.313 e. The number of ether oxygens (including phenoxy) is 3. The van der Waals surface area contributed by atoms with Crippen LogP contribution in [0.4, 0.5) is 0 Å². The summed E-state index contributed by atoms with van der Waals surface area (Å²) in [6.07, 6.45) is 9.47. The Morgan fingerprint density at radius 2 is 1.66 bits per heavy atom. The molecular weight excluding hydrogens is 512 g/mol. The van der Waals surface area contributed by atoms with E-state index in [4.69, 9.17) is 25.7 Å². The molecule has 0 heterocycles. The molecule has 0 aliphatic heterocycles. The predicted molar refractivity (Wildman–Crippen MR) is 169 cm³/mol. The fourth-order valence-electron chi connectivity index (χ4n) is 5.56. The van der Waals surface area contributed by atoms with Gasteiger partial charge in [0.05, 0.1) is 25.7 Å². The molecule has 0 spiro atoms. The van der Waals surface area contributed by atoms with Gasteiger partial charge in [-0.25, -0.2) is 0 Å². The zero-order valence-electron chi connectivity index (χ0n) is 26.4. The lowest BCUT2D eigenvalue weighted by Gasteiger charge is -2.42. The Kier molecular flexibility index (Phi) is 11.1. The molecule has 3 rings (SSSR count). The van der Waals surface area contributed by atoms with Crippen LogP contribution >= 0.6 is 0 Å². The Hall–Kier alpha value is -2.83. The first-order chi connectivity index (χ1) is 19.3. The van der Waals surface area contributed by atoms with Crippen molar-refractivity contribution >= 4 is 17.6 Å². The summed E-state index contributed by atoms with van der Waals surface area (Å²) >= 11 is 0. The summed E-state index contributed by atoms with van der Waals surface area (Å²) in [5.41, 5.74) is 16.9. The summed E-state index contributed by atoms with van der Waals surface area (Å²) in [5, 5.41) is 0. The minimum Gasteiger partial charge on any atom is -0.496 e. The molecular formula is C35H52N2O4. The van der Waals surface area contributed by atoms with E-state index < -0.39 is 16.5 Å². The minimum atomic E-state index is -0.841. The van der Waals surface area contributed by atoms with Crippen molar-refractivity contribution in [1.29, 1.82) is 0 Å². The van der Waals surface area contributed by atoms with E-state index in [1.54, 1.807) is 7.11 Å². The monoisotopic (exact) mass is 564 g/mol. The highest BCUT2D eigenvalue weighted by Crippen LogP contribution is 2.38. The minimum absolute atomic E-state index is 0.279. The zero-order valence-corrected chi connectivity index (χ0v) is 26.4. The Morgan fingerprint density at radius 3 is 2.34 bits per heavy atom. The molecule has 1 aliphatic rings. The van der Waals surface area contributed by atoms with Gasteiger partial charge in [0.2, 0.25) is 0 Å². The Bertz CT molecular complexity index is 1210. The number of allylic oxidation sites excluding steroid dienone is 1. The third-order valence-electron chi connectivity index (χ3n) is 8.43. The smallest absolute Gasteiger partial charge is 0.313 e. The molecule has 6 heteroatoms. The standard InChI is InChI=1S/C35H52N2O4/c1-8-25-18-19-30(39-7)28(22-25)27-16-12-14-26-15-13-17-31(29(26)23-27)40-20-10-9-11-21-41-32(38)34(4,5)35(6,37)24-33(2,3)36/h13,15,17-19,22-23H,8-12,14,16,20-21,24,36-37H2,1-7H3. The van der Waals surface area contributed by atoms with Gasteiger partial charge in [0.1, 0.15) is 11.5 Å². The highest BCUT2D eigenvalue weighted by Gasteiger charge is 2.47. The summed E-state index contributed by atoms with van der Waals surface area (Å²) < 4.78 is 17.7. The molecule has 0 saturated heterocycles. The molecule has 1 aliphatic carbocycles. The molecule has 0 radical (unpaired) electrons. The molecule has 226 valence electrons. The van der Waals surface area contributed by atoms with E-state index in [0.29, 0.717) is 19.6 Å². The molecule has 1 atom stereocenters. The van der Waals surface area contributed by atoms with Crippen LogP contribution in [0.3, 0.4) is 0 Å². The first-order valence-electron chi connectivity index (χ1n) is 15.2. The lowest BCUT2D eigenvalue weighted by molar-refractivity contribution is -0.158. The van der Waals surface area contributed by atoms with Gasteiger partial charge in [-0.3, -0.25) is 4.79 Å². The summed E-state index contributed by atoms with van der Waals surface area (Å²) in [6.45, 7) is 12.6. The first-order valence-corrected chi connectivity index (χ1v) is 15.2. The van der Waals surface area contributed by atoms with Crippen LogP contribution in [0.1, 0.15) is 102 Å². The molecule has 41 heavy (non-hydrogen) atoms. The van der Waals surface area contributed by atoms with Crippen molar-refractivity contribution in [1.82, 2.24) is 0 Å². The third-order valence-corrected chi connectivity index (χ3v) is 8.43. The topological polar surface area (TPSA) is 96.8 Å². The van der Waals surface area contributed by atoms with Crippen molar-refractivity contribution in [2.45, 2.75) is 104 Å². The second kappa shape index (κ2) is 13.9. The van der Waals surface area contributed by atoms with E-state index >= 15 is 0 Å². The average Bonchev–Trinajstić information content (AvgIpc) is 3.13. The molecule has 0 saturated carbocycles. The van der Waals surface area contributed by atoms with Crippen LogP contribution < -0.4 is 20.9 Å². The van der Waals surface area contributed by atoms with Crippen LogP contribution in [-0.2, 0) is 22.4 Å². The number of unbranched alkanes of at least 4 members (excludes halogenated alkanes) is 2. The number of benzene rings is 2. The SMILES string of the molecule is CCc1ccc(OC)c(C2=Cc3c(cccc3OCCCCCOC(=O)C(C)(C)C(C)(N)CC(C)(C)N)CCC2)c1. The summed E-state index contributed by atoms with van der Waals surface area (Å²) in [6, 6.07) is 12.8. The van der Waals surface area contributed by atoms with Crippen LogP contribution in [-0.4, -0.2) is 37.4 Å². The van der Waals surface area contributed by atoms with Gasteiger partial charge < -0.3 is 25.7 Å². The van der Waals surface area contributed by atoms with Crippen molar-refractivity contribution in [3.05, 3.63) is 58.7 Å². The van der Waals surface area contributed by atoms with E-state index in [9.17, 15) is 4.79 Å². The summed E-state index contributed by atoms with van der Waals surface area (Å²) in [7, 11) is 1.74. The number of hydrogen-bond donors (Lipinski definition) is 2. The van der Waals surface area contributed by atoms with Gasteiger partial charge in [-0.2, -0.15) is 0 Å². The molecule has 2 aromatic carbocycles. The van der Waals surface area contributed by atoms with Gasteiger partial charge in [-0.1, -0.05) is 25.1 Å². The molecule has 6 nitrogen and oxygen atoms in total. The number of esters is 1. The van der Waals surface area contributed by atoms with Crippen molar-refractivity contribution in [3.63, 3.8) is 0 Å². The second-order valence-electron chi connectivity index (χ2n) is 13.0. The molecule has 0 fully saturated rings. The molecule has 0 aromatic heterocycles. The molecule has 0 amide bonds. The van der Waals surface area contributed by atoms with Gasteiger partial charge in [0.15, 0.2) is 0 Å². The van der Waals surface area contributed by atoms with E-state index in [2.05, 4.69) is 49.4 Å². The molecule has 4 N–H and O–H groups in total. The van der Waals surface area contributed by atoms with Crippen LogP contribution in [0.2, 0.25) is 0 Å². The fourth-order valence-corrected chi connectivity index (χ4v) is 5.56. The van der Waals surface area contributed by atoms with E-state index in [1.807, 2.05) is 34.6 Å². The maximum absolute atomic E-state index is 12.9. The van der Waals surface area contributed by atoms with Crippen molar-refractivity contribution < 1.29 is 19.0 Å². The fraction of sp³-hybridized carbons (Fsp3) is 0.571. The second-order valence-corrected chi connectivity index (χ2v) is 13.0. The zero-order chi connectivity index (χ0) is 30.3. The van der Waals surface area contributed by atoms with Gasteiger partial charge >= 0.3 is 5.97 Å². The van der Waals surface area contributed by atoms with Crippen LogP contribution in [0.25, 0.3) is 11.6 Å². The number of fused-ring (bicyclic) bond motifs is 1. The van der Waals surface area contributed by atoms with E-state index in [-0.39, 0.29) is 5.97 Å². The van der Waals surface area contributed by atoms with Crippen LogP contribution in [0, 0.1) is 5.41 Å². The van der Waals surface area contributed by atoms with E-state index in [1.165, 1.54) is 27.8 Å². The number of rotatable bonds is 14. The predicted octanol–water partition coefficient (Wildman–Crippen LogP) is 7.10. The van der Waals surface area contributed by atoms with Gasteiger partial charge in [-0.15, -0.1) is 0 Å². The average molecular weight is 565 g/mol. The molecule has 2 aromatic rings. The van der Waals surface area contributed by atoms with E-state index in [0.717, 1.165) is 56.4 Å². The number of hydrogen-bond acceptors (Lipinski definition) is 6.